The van der Waals surface area contributed by atoms with Crippen molar-refractivity contribution in [3.8, 4) is 0 Å². The summed E-state index contributed by atoms with van der Waals surface area (Å²) in [6.45, 7) is 0.711. The lowest BCUT2D eigenvalue weighted by Gasteiger charge is -2.13. The molecule has 2 aromatic carbocycles. The third kappa shape index (κ3) is 3.02. The second kappa shape index (κ2) is 6.07. The molecule has 3 heteroatoms. The molecule has 3 N–H and O–H groups in total. The quantitative estimate of drug-likeness (QED) is 0.791. The van der Waals surface area contributed by atoms with Crippen LogP contribution in [0.3, 0.4) is 0 Å². The lowest BCUT2D eigenvalue weighted by Crippen LogP contribution is -2.01. The number of benzene rings is 2. The fourth-order valence-electron chi connectivity index (χ4n) is 1.83. The highest BCUT2D eigenvalue weighted by molar-refractivity contribution is 5.73. The smallest absolute Gasteiger partial charge is 0.0617 e. The van der Waals surface area contributed by atoms with Crippen molar-refractivity contribution in [3.05, 3.63) is 54.1 Å². The zero-order valence-corrected chi connectivity index (χ0v) is 10.5. The Morgan fingerprint density at radius 2 is 1.67 bits per heavy atom. The van der Waals surface area contributed by atoms with Gasteiger partial charge in [-0.25, -0.2) is 0 Å². The van der Waals surface area contributed by atoms with E-state index in [1.807, 2.05) is 36.4 Å². The molecule has 2 aromatic rings. The largest absolute Gasteiger partial charge is 0.397 e. The second-order valence-corrected chi connectivity index (χ2v) is 4.11. The van der Waals surface area contributed by atoms with E-state index in [0.29, 0.717) is 6.61 Å². The summed E-state index contributed by atoms with van der Waals surface area (Å²) in [5, 5.41) is 3.37. The number of hydrogen-bond donors (Lipinski definition) is 2. The van der Waals surface area contributed by atoms with Crippen LogP contribution >= 0.6 is 0 Å². The summed E-state index contributed by atoms with van der Waals surface area (Å²) < 4.78 is 5.12. The summed E-state index contributed by atoms with van der Waals surface area (Å²) in [7, 11) is 1.71. The molecule has 0 saturated carbocycles. The molecule has 0 fully saturated rings. The molecule has 0 atom stereocenters. The number of nitrogen functional groups attached to an aromatic ring is 1. The molecule has 0 bridgehead atoms. The van der Waals surface area contributed by atoms with Gasteiger partial charge < -0.3 is 15.8 Å². The first-order chi connectivity index (χ1) is 8.81. The summed E-state index contributed by atoms with van der Waals surface area (Å²) in [6.07, 6.45) is 0.881. The number of nitrogens with one attached hydrogen (secondary N) is 1. The minimum atomic E-state index is 0.711. The highest BCUT2D eigenvalue weighted by atomic mass is 16.5. The molecule has 94 valence electrons. The first kappa shape index (κ1) is 12.5. The van der Waals surface area contributed by atoms with Gasteiger partial charge in [-0.3, -0.25) is 0 Å². The molecule has 0 aliphatic rings. The first-order valence-corrected chi connectivity index (χ1v) is 5.99. The molecule has 3 nitrogen and oxygen atoms in total. The monoisotopic (exact) mass is 242 g/mol. The van der Waals surface area contributed by atoms with E-state index < -0.39 is 0 Å². The molecule has 18 heavy (non-hydrogen) atoms. The van der Waals surface area contributed by atoms with Gasteiger partial charge >= 0.3 is 0 Å². The summed E-state index contributed by atoms with van der Waals surface area (Å²) >= 11 is 0. The molecule has 0 aliphatic carbocycles. The van der Waals surface area contributed by atoms with Gasteiger partial charge in [-0.05, 0) is 30.2 Å². The van der Waals surface area contributed by atoms with Crippen molar-refractivity contribution in [2.24, 2.45) is 0 Å². The van der Waals surface area contributed by atoms with Crippen LogP contribution in [0.4, 0.5) is 17.1 Å². The number of rotatable bonds is 5. The Labute approximate surface area is 108 Å². The zero-order chi connectivity index (χ0) is 12.8. The SMILES string of the molecule is COCCc1ccccc1Nc1ccccc1N. The molecular weight excluding hydrogens is 224 g/mol. The minimum absolute atomic E-state index is 0.711. The van der Waals surface area contributed by atoms with Gasteiger partial charge in [0.25, 0.3) is 0 Å². The first-order valence-electron chi connectivity index (χ1n) is 5.99. The summed E-state index contributed by atoms with van der Waals surface area (Å²) in [5.74, 6) is 0. The third-order valence-corrected chi connectivity index (χ3v) is 2.82. The maximum atomic E-state index is 5.93. The normalized spacial score (nSPS) is 10.3. The Hall–Kier alpha value is -2.00. The fourth-order valence-corrected chi connectivity index (χ4v) is 1.83. The number of ether oxygens (including phenoxy) is 1. The Bertz CT molecular complexity index is 511. The Morgan fingerprint density at radius 3 is 2.39 bits per heavy atom. The molecular formula is C15H18N2O. The van der Waals surface area contributed by atoms with Gasteiger partial charge in [0.2, 0.25) is 0 Å². The highest BCUT2D eigenvalue weighted by Crippen LogP contribution is 2.25. The van der Waals surface area contributed by atoms with Crippen molar-refractivity contribution in [2.45, 2.75) is 6.42 Å². The van der Waals surface area contributed by atoms with Gasteiger partial charge in [0, 0.05) is 12.8 Å². The Kier molecular flexibility index (Phi) is 4.20. The van der Waals surface area contributed by atoms with E-state index in [1.165, 1.54) is 5.56 Å². The minimum Gasteiger partial charge on any atom is -0.397 e. The maximum Gasteiger partial charge on any atom is 0.0617 e. The molecule has 2 rings (SSSR count). The molecule has 0 heterocycles. The average molecular weight is 242 g/mol. The van der Waals surface area contributed by atoms with Crippen LogP contribution in [0.2, 0.25) is 0 Å². The highest BCUT2D eigenvalue weighted by Gasteiger charge is 2.03. The molecule has 0 spiro atoms. The third-order valence-electron chi connectivity index (χ3n) is 2.82. The van der Waals surface area contributed by atoms with Crippen molar-refractivity contribution in [3.63, 3.8) is 0 Å². The van der Waals surface area contributed by atoms with Gasteiger partial charge in [0.05, 0.1) is 18.0 Å². The van der Waals surface area contributed by atoms with E-state index in [4.69, 9.17) is 10.5 Å². The van der Waals surface area contributed by atoms with E-state index >= 15 is 0 Å². The molecule has 0 unspecified atom stereocenters. The second-order valence-electron chi connectivity index (χ2n) is 4.11. The van der Waals surface area contributed by atoms with E-state index in [0.717, 1.165) is 23.5 Å². The van der Waals surface area contributed by atoms with Crippen LogP contribution in [0.25, 0.3) is 0 Å². The van der Waals surface area contributed by atoms with Crippen LogP contribution < -0.4 is 11.1 Å². The number of nitrogens with two attached hydrogens (primary N) is 1. The van der Waals surface area contributed by atoms with Crippen molar-refractivity contribution in [1.29, 1.82) is 0 Å². The number of para-hydroxylation sites is 3. The summed E-state index contributed by atoms with van der Waals surface area (Å²) in [5.41, 5.74) is 9.91. The lowest BCUT2D eigenvalue weighted by atomic mass is 10.1. The lowest BCUT2D eigenvalue weighted by molar-refractivity contribution is 0.202. The molecule has 0 aliphatic heterocycles. The molecule has 0 amide bonds. The number of methoxy groups -OCH3 is 1. The van der Waals surface area contributed by atoms with Crippen LogP contribution in [0.5, 0.6) is 0 Å². The average Bonchev–Trinajstić information content (AvgIpc) is 2.40. The zero-order valence-electron chi connectivity index (χ0n) is 10.5. The number of hydrogen-bond acceptors (Lipinski definition) is 3. The van der Waals surface area contributed by atoms with Crippen molar-refractivity contribution in [2.75, 3.05) is 24.8 Å². The van der Waals surface area contributed by atoms with Crippen LogP contribution in [-0.4, -0.2) is 13.7 Å². The number of anilines is 3. The standard InChI is InChI=1S/C15H18N2O/c1-18-11-10-12-6-2-4-8-14(12)17-15-9-5-3-7-13(15)16/h2-9,17H,10-11,16H2,1H3. The van der Waals surface area contributed by atoms with Gasteiger partial charge in [0.1, 0.15) is 0 Å². The molecule has 0 aromatic heterocycles. The Balaban J connectivity index is 2.21. The van der Waals surface area contributed by atoms with Crippen LogP contribution in [0, 0.1) is 0 Å². The van der Waals surface area contributed by atoms with Crippen LogP contribution in [0.15, 0.2) is 48.5 Å². The van der Waals surface area contributed by atoms with Crippen LogP contribution in [-0.2, 0) is 11.2 Å². The van der Waals surface area contributed by atoms with Gasteiger partial charge in [-0.15, -0.1) is 0 Å². The van der Waals surface area contributed by atoms with Gasteiger partial charge in [0.15, 0.2) is 0 Å². The van der Waals surface area contributed by atoms with Crippen molar-refractivity contribution >= 4 is 17.1 Å². The summed E-state index contributed by atoms with van der Waals surface area (Å²) in [4.78, 5) is 0. The van der Waals surface area contributed by atoms with E-state index in [-0.39, 0.29) is 0 Å². The Morgan fingerprint density at radius 1 is 1.00 bits per heavy atom. The van der Waals surface area contributed by atoms with Crippen molar-refractivity contribution in [1.82, 2.24) is 0 Å². The predicted octanol–water partition coefficient (Wildman–Crippen LogP) is 3.20. The molecule has 0 saturated heterocycles. The van der Waals surface area contributed by atoms with Gasteiger partial charge in [-0.1, -0.05) is 30.3 Å². The van der Waals surface area contributed by atoms with E-state index in [9.17, 15) is 0 Å². The van der Waals surface area contributed by atoms with Crippen LogP contribution in [0.1, 0.15) is 5.56 Å². The van der Waals surface area contributed by atoms with E-state index in [1.54, 1.807) is 7.11 Å². The predicted molar refractivity (Wildman–Crippen MR) is 76.2 cm³/mol. The topological polar surface area (TPSA) is 47.3 Å². The maximum absolute atomic E-state index is 5.93. The van der Waals surface area contributed by atoms with Gasteiger partial charge in [-0.2, -0.15) is 0 Å². The fraction of sp³-hybridized carbons (Fsp3) is 0.200. The summed E-state index contributed by atoms with van der Waals surface area (Å²) in [6, 6.07) is 16.0. The molecule has 0 radical (unpaired) electrons. The van der Waals surface area contributed by atoms with E-state index in [2.05, 4.69) is 17.4 Å². The van der Waals surface area contributed by atoms with Crippen molar-refractivity contribution < 1.29 is 4.74 Å².